The molecular weight excluding hydrogens is 194 g/mol. The van der Waals surface area contributed by atoms with Crippen molar-refractivity contribution in [1.82, 2.24) is 4.98 Å². The second kappa shape index (κ2) is 4.77. The lowest BCUT2D eigenvalue weighted by Gasteiger charge is -2.10. The smallest absolute Gasteiger partial charge is 0.358 e. The Morgan fingerprint density at radius 2 is 2.20 bits per heavy atom. The van der Waals surface area contributed by atoms with Gasteiger partial charge < -0.3 is 9.84 Å². The van der Waals surface area contributed by atoms with Crippen LogP contribution in [-0.2, 0) is 0 Å². The van der Waals surface area contributed by atoms with Crippen molar-refractivity contribution in [2.75, 3.05) is 6.61 Å². The molecule has 1 N–H and O–H groups in total. The fourth-order valence-electron chi connectivity index (χ4n) is 1.07. The molecule has 1 rings (SSSR count). The second-order valence-corrected chi connectivity index (χ2v) is 3.81. The number of aryl methyl sites for hydroxylation is 1. The van der Waals surface area contributed by atoms with Crippen LogP contribution in [0.1, 0.15) is 30.0 Å². The number of carboxylic acids is 1. The highest BCUT2D eigenvalue weighted by Crippen LogP contribution is 2.17. The maximum Gasteiger partial charge on any atom is 0.358 e. The van der Waals surface area contributed by atoms with E-state index in [9.17, 15) is 4.79 Å². The highest BCUT2D eigenvalue weighted by atomic mass is 16.5. The van der Waals surface area contributed by atoms with Gasteiger partial charge in [0.2, 0.25) is 0 Å². The van der Waals surface area contributed by atoms with Crippen molar-refractivity contribution in [3.63, 3.8) is 0 Å². The molecule has 4 nitrogen and oxygen atoms in total. The molecule has 0 spiro atoms. The highest BCUT2D eigenvalue weighted by molar-refractivity contribution is 5.88. The van der Waals surface area contributed by atoms with E-state index in [1.807, 2.05) is 13.8 Å². The summed E-state index contributed by atoms with van der Waals surface area (Å²) in [7, 11) is 0. The third kappa shape index (κ3) is 3.23. The summed E-state index contributed by atoms with van der Waals surface area (Å²) < 4.78 is 5.37. The van der Waals surface area contributed by atoms with Crippen molar-refractivity contribution >= 4 is 5.97 Å². The zero-order valence-corrected chi connectivity index (χ0v) is 9.15. The number of hydrogen-bond acceptors (Lipinski definition) is 3. The third-order valence-corrected chi connectivity index (χ3v) is 1.77. The summed E-state index contributed by atoms with van der Waals surface area (Å²) in [5.41, 5.74) is 0.653. The van der Waals surface area contributed by atoms with Crippen molar-refractivity contribution in [2.24, 2.45) is 5.92 Å². The fraction of sp³-hybridized carbons (Fsp3) is 0.455. The molecule has 1 aromatic heterocycles. The monoisotopic (exact) mass is 209 g/mol. The van der Waals surface area contributed by atoms with Crippen molar-refractivity contribution in [1.29, 1.82) is 0 Å². The Bertz CT molecular complexity index is 361. The Morgan fingerprint density at radius 1 is 1.53 bits per heavy atom. The lowest BCUT2D eigenvalue weighted by molar-refractivity contribution is 0.0684. The first kappa shape index (κ1) is 11.5. The summed E-state index contributed by atoms with van der Waals surface area (Å²) in [5, 5.41) is 8.91. The van der Waals surface area contributed by atoms with E-state index in [4.69, 9.17) is 9.84 Å². The molecule has 0 amide bonds. The first-order chi connectivity index (χ1) is 7.00. The second-order valence-electron chi connectivity index (χ2n) is 3.81. The van der Waals surface area contributed by atoms with Crippen LogP contribution in [0.3, 0.4) is 0 Å². The van der Waals surface area contributed by atoms with Gasteiger partial charge in [0.25, 0.3) is 0 Å². The van der Waals surface area contributed by atoms with Crippen molar-refractivity contribution in [3.8, 4) is 5.75 Å². The Balaban J connectivity index is 2.91. The Morgan fingerprint density at radius 3 is 2.73 bits per heavy atom. The standard InChI is InChI=1S/C11H15NO3/c1-7(2)6-15-9-5-4-8(3)12-10(9)11(13)14/h4-5,7H,6H2,1-3H3,(H,13,14). The molecule has 0 saturated carbocycles. The predicted molar refractivity (Wildman–Crippen MR) is 56.3 cm³/mol. The van der Waals surface area contributed by atoms with E-state index in [-0.39, 0.29) is 5.69 Å². The van der Waals surface area contributed by atoms with Crippen molar-refractivity contribution in [3.05, 3.63) is 23.5 Å². The number of carbonyl (C=O) groups is 1. The molecule has 1 heterocycles. The largest absolute Gasteiger partial charge is 0.491 e. The van der Waals surface area contributed by atoms with Crippen LogP contribution in [0.4, 0.5) is 0 Å². The number of aromatic carboxylic acids is 1. The van der Waals surface area contributed by atoms with E-state index < -0.39 is 5.97 Å². The number of hydrogen-bond donors (Lipinski definition) is 1. The van der Waals surface area contributed by atoms with Crippen LogP contribution in [-0.4, -0.2) is 22.7 Å². The molecule has 0 bridgehead atoms. The fourth-order valence-corrected chi connectivity index (χ4v) is 1.07. The van der Waals surface area contributed by atoms with Gasteiger partial charge in [0.15, 0.2) is 11.4 Å². The molecule has 4 heteroatoms. The minimum absolute atomic E-state index is 0.0179. The van der Waals surface area contributed by atoms with Gasteiger partial charge in [0.05, 0.1) is 6.61 Å². The minimum atomic E-state index is -1.06. The molecule has 0 aromatic carbocycles. The van der Waals surface area contributed by atoms with Gasteiger partial charge in [-0.25, -0.2) is 9.78 Å². The average Bonchev–Trinajstić information content (AvgIpc) is 2.15. The van der Waals surface area contributed by atoms with Crippen molar-refractivity contribution in [2.45, 2.75) is 20.8 Å². The lowest BCUT2D eigenvalue weighted by Crippen LogP contribution is -2.10. The molecule has 1 aromatic rings. The Labute approximate surface area is 88.9 Å². The summed E-state index contributed by atoms with van der Waals surface area (Å²) in [6.07, 6.45) is 0. The molecule has 0 radical (unpaired) electrons. The van der Waals surface area contributed by atoms with E-state index in [0.29, 0.717) is 24.0 Å². The average molecular weight is 209 g/mol. The summed E-state index contributed by atoms with van der Waals surface area (Å²) in [6, 6.07) is 3.39. The van der Waals surface area contributed by atoms with Gasteiger partial charge in [-0.15, -0.1) is 0 Å². The number of pyridine rings is 1. The maximum atomic E-state index is 10.9. The van der Waals surface area contributed by atoms with Crippen LogP contribution >= 0.6 is 0 Å². The molecule has 0 aliphatic rings. The van der Waals surface area contributed by atoms with E-state index in [1.54, 1.807) is 19.1 Å². The Kier molecular flexibility index (Phi) is 3.66. The number of carboxylic acid groups (broad SMARTS) is 1. The number of nitrogens with zero attached hydrogens (tertiary/aromatic N) is 1. The van der Waals surface area contributed by atoms with Gasteiger partial charge >= 0.3 is 5.97 Å². The van der Waals surface area contributed by atoms with Gasteiger partial charge in [0, 0.05) is 5.69 Å². The normalized spacial score (nSPS) is 10.4. The molecule has 0 aliphatic heterocycles. The number of aromatic nitrogens is 1. The summed E-state index contributed by atoms with van der Waals surface area (Å²) >= 11 is 0. The molecule has 0 atom stereocenters. The van der Waals surface area contributed by atoms with Gasteiger partial charge in [-0.3, -0.25) is 0 Å². The molecule has 0 fully saturated rings. The lowest BCUT2D eigenvalue weighted by atomic mass is 10.2. The topological polar surface area (TPSA) is 59.4 Å². The third-order valence-electron chi connectivity index (χ3n) is 1.77. The zero-order chi connectivity index (χ0) is 11.4. The predicted octanol–water partition coefficient (Wildman–Crippen LogP) is 2.12. The highest BCUT2D eigenvalue weighted by Gasteiger charge is 2.13. The summed E-state index contributed by atoms with van der Waals surface area (Å²) in [4.78, 5) is 14.8. The molecule has 0 aliphatic carbocycles. The molecule has 0 saturated heterocycles. The van der Waals surface area contributed by atoms with E-state index >= 15 is 0 Å². The zero-order valence-electron chi connectivity index (χ0n) is 9.15. The maximum absolute atomic E-state index is 10.9. The van der Waals surface area contributed by atoms with Crippen LogP contribution in [0.2, 0.25) is 0 Å². The van der Waals surface area contributed by atoms with Crippen molar-refractivity contribution < 1.29 is 14.6 Å². The number of ether oxygens (including phenoxy) is 1. The molecule has 0 unspecified atom stereocenters. The van der Waals surface area contributed by atoms with Crippen LogP contribution < -0.4 is 4.74 Å². The minimum Gasteiger partial charge on any atom is -0.491 e. The van der Waals surface area contributed by atoms with Gasteiger partial charge in [0.1, 0.15) is 0 Å². The van der Waals surface area contributed by atoms with E-state index in [0.717, 1.165) is 0 Å². The number of rotatable bonds is 4. The molecular formula is C11H15NO3. The molecule has 82 valence electrons. The van der Waals surface area contributed by atoms with E-state index in [2.05, 4.69) is 4.98 Å². The first-order valence-electron chi connectivity index (χ1n) is 4.84. The van der Waals surface area contributed by atoms with Gasteiger partial charge in [-0.2, -0.15) is 0 Å². The van der Waals surface area contributed by atoms with Crippen LogP contribution in [0, 0.1) is 12.8 Å². The van der Waals surface area contributed by atoms with Crippen LogP contribution in [0.25, 0.3) is 0 Å². The van der Waals surface area contributed by atoms with E-state index in [1.165, 1.54) is 0 Å². The van der Waals surface area contributed by atoms with Gasteiger partial charge in [-0.05, 0) is 25.0 Å². The van der Waals surface area contributed by atoms with Crippen LogP contribution in [0.5, 0.6) is 5.75 Å². The SMILES string of the molecule is Cc1ccc(OCC(C)C)c(C(=O)O)n1. The molecule has 15 heavy (non-hydrogen) atoms. The summed E-state index contributed by atoms with van der Waals surface area (Å²) in [5.74, 6) is -0.368. The Hall–Kier alpha value is -1.58. The summed E-state index contributed by atoms with van der Waals surface area (Å²) in [6.45, 7) is 6.24. The first-order valence-corrected chi connectivity index (χ1v) is 4.84. The quantitative estimate of drug-likeness (QED) is 0.825. The van der Waals surface area contributed by atoms with Gasteiger partial charge in [-0.1, -0.05) is 13.8 Å². The van der Waals surface area contributed by atoms with Crippen LogP contribution in [0.15, 0.2) is 12.1 Å².